The Morgan fingerprint density at radius 2 is 1.88 bits per heavy atom. The van der Waals surface area contributed by atoms with Crippen LogP contribution in [-0.2, 0) is 17.9 Å². The van der Waals surface area contributed by atoms with Crippen molar-refractivity contribution in [3.8, 4) is 5.75 Å². The van der Waals surface area contributed by atoms with E-state index in [0.717, 1.165) is 11.8 Å². The monoisotopic (exact) mass is 489 g/mol. The lowest BCUT2D eigenvalue weighted by Gasteiger charge is -2.13. The van der Waals surface area contributed by atoms with Crippen molar-refractivity contribution in [2.24, 2.45) is 0 Å². The second kappa shape index (κ2) is 9.59. The van der Waals surface area contributed by atoms with Crippen molar-refractivity contribution in [2.75, 3.05) is 5.75 Å². The minimum atomic E-state index is -4.83. The molecule has 0 saturated heterocycles. The van der Waals surface area contributed by atoms with Crippen LogP contribution in [0.5, 0.6) is 5.75 Å². The van der Waals surface area contributed by atoms with Gasteiger partial charge in [-0.15, -0.1) is 29.9 Å². The number of carbonyl (C=O) groups is 1. The number of hydrogen-bond acceptors (Lipinski definition) is 6. The number of carbonyl (C=O) groups excluding carboxylic acids is 1. The summed E-state index contributed by atoms with van der Waals surface area (Å²) < 4.78 is 44.9. The van der Waals surface area contributed by atoms with Gasteiger partial charge in [-0.3, -0.25) is 18.6 Å². The quantitative estimate of drug-likeness (QED) is 0.301. The summed E-state index contributed by atoms with van der Waals surface area (Å²) >= 11 is 1.09. The maximum absolute atomic E-state index is 12.8. The van der Waals surface area contributed by atoms with Crippen molar-refractivity contribution in [2.45, 2.75) is 24.6 Å². The smallest absolute Gasteiger partial charge is 0.405 e. The highest BCUT2D eigenvalue weighted by molar-refractivity contribution is 7.99. The van der Waals surface area contributed by atoms with Crippen LogP contribution in [0.3, 0.4) is 0 Å². The first kappa shape index (κ1) is 23.4. The van der Waals surface area contributed by atoms with E-state index in [4.69, 9.17) is 0 Å². The van der Waals surface area contributed by atoms with Gasteiger partial charge in [0.2, 0.25) is 11.7 Å². The number of halogens is 3. The molecule has 0 fully saturated rings. The van der Waals surface area contributed by atoms with Gasteiger partial charge in [-0.05, 0) is 18.2 Å². The maximum atomic E-state index is 12.8. The van der Waals surface area contributed by atoms with E-state index in [-0.39, 0.29) is 35.7 Å². The Balaban J connectivity index is 1.52. The van der Waals surface area contributed by atoms with Crippen LogP contribution in [0.25, 0.3) is 16.7 Å². The molecule has 0 bridgehead atoms. The molecule has 0 aliphatic rings. The summed E-state index contributed by atoms with van der Waals surface area (Å²) in [6.45, 7) is 3.76. The second-order valence-electron chi connectivity index (χ2n) is 7.06. The van der Waals surface area contributed by atoms with Gasteiger partial charge in [-0.25, -0.2) is 0 Å². The molecule has 2 heterocycles. The van der Waals surface area contributed by atoms with E-state index in [0.29, 0.717) is 21.8 Å². The molecule has 0 unspecified atom stereocenters. The highest BCUT2D eigenvalue weighted by Gasteiger charge is 2.32. The van der Waals surface area contributed by atoms with Crippen molar-refractivity contribution >= 4 is 34.3 Å². The Hall–Kier alpha value is -3.80. The average Bonchev–Trinajstić information content (AvgIpc) is 3.23. The number of fused-ring (bicyclic) bond motifs is 3. The van der Waals surface area contributed by atoms with Crippen LogP contribution in [0.15, 0.2) is 71.1 Å². The third-order valence-electron chi connectivity index (χ3n) is 4.80. The van der Waals surface area contributed by atoms with E-state index >= 15 is 0 Å². The lowest BCUT2D eigenvalue weighted by atomic mass is 10.2. The third-order valence-corrected chi connectivity index (χ3v) is 5.73. The molecular weight excluding hydrogens is 471 g/mol. The molecule has 4 aromatic rings. The number of nitrogens with zero attached hydrogens (tertiary/aromatic N) is 4. The number of benzene rings is 2. The zero-order chi connectivity index (χ0) is 24.3. The molecule has 8 nitrogen and oxygen atoms in total. The summed E-state index contributed by atoms with van der Waals surface area (Å²) in [5.74, 6) is -0.562. The van der Waals surface area contributed by atoms with Gasteiger partial charge in [-0.1, -0.05) is 48.2 Å². The van der Waals surface area contributed by atoms with E-state index in [9.17, 15) is 22.8 Å². The van der Waals surface area contributed by atoms with E-state index in [1.165, 1.54) is 22.8 Å². The molecule has 0 aliphatic carbocycles. The highest BCUT2D eigenvalue weighted by atomic mass is 32.2. The van der Waals surface area contributed by atoms with Crippen molar-refractivity contribution < 1.29 is 22.7 Å². The third kappa shape index (κ3) is 4.91. The minimum absolute atomic E-state index is 0.0714. The number of thioether (sulfide) groups is 1. The molecule has 2 aromatic carbocycles. The van der Waals surface area contributed by atoms with Crippen LogP contribution >= 0.6 is 11.8 Å². The number of rotatable bonds is 8. The first-order valence-electron chi connectivity index (χ1n) is 9.99. The average molecular weight is 489 g/mol. The predicted octanol–water partition coefficient (Wildman–Crippen LogP) is 3.54. The Bertz CT molecular complexity index is 1430. The number of aromatic nitrogens is 4. The van der Waals surface area contributed by atoms with Crippen molar-refractivity contribution in [3.63, 3.8) is 0 Å². The molecular formula is C22H18F3N5O3S. The fraction of sp³-hybridized carbons (Fsp3) is 0.182. The standard InChI is InChI=1S/C22H18F3N5O3S/c1-2-11-29-19(32)15-8-4-5-9-16(15)30-20(29)27-28-21(30)34-13-18(31)26-12-14-7-3-6-10-17(14)33-22(23,24)25/h2-10H,1,11-13H2,(H,26,31). The second-order valence-corrected chi connectivity index (χ2v) is 8.00. The van der Waals surface area contributed by atoms with Gasteiger partial charge >= 0.3 is 6.36 Å². The number of amides is 1. The van der Waals surface area contributed by atoms with E-state index in [1.54, 1.807) is 40.8 Å². The minimum Gasteiger partial charge on any atom is -0.405 e. The SMILES string of the molecule is C=CCn1c(=O)c2ccccc2n2c(SCC(=O)NCc3ccccc3OC(F)(F)F)nnc12. The van der Waals surface area contributed by atoms with Crippen molar-refractivity contribution in [1.29, 1.82) is 0 Å². The molecule has 0 atom stereocenters. The predicted molar refractivity (Wildman–Crippen MR) is 121 cm³/mol. The van der Waals surface area contributed by atoms with Gasteiger partial charge in [0.1, 0.15) is 5.75 Å². The van der Waals surface area contributed by atoms with Crippen LogP contribution in [0.2, 0.25) is 0 Å². The van der Waals surface area contributed by atoms with Crippen LogP contribution in [0.4, 0.5) is 13.2 Å². The van der Waals surface area contributed by atoms with Crippen LogP contribution in [0.1, 0.15) is 5.56 Å². The van der Waals surface area contributed by atoms with Gasteiger partial charge in [0.15, 0.2) is 5.16 Å². The normalized spacial score (nSPS) is 11.6. The maximum Gasteiger partial charge on any atom is 0.573 e. The summed E-state index contributed by atoms with van der Waals surface area (Å²) in [6, 6.07) is 12.6. The summed E-state index contributed by atoms with van der Waals surface area (Å²) in [4.78, 5) is 25.2. The molecule has 0 spiro atoms. The molecule has 0 saturated carbocycles. The molecule has 0 aliphatic heterocycles. The molecule has 34 heavy (non-hydrogen) atoms. The van der Waals surface area contributed by atoms with E-state index in [2.05, 4.69) is 26.8 Å². The lowest BCUT2D eigenvalue weighted by molar-refractivity contribution is -0.274. The summed E-state index contributed by atoms with van der Waals surface area (Å²) in [7, 11) is 0. The largest absolute Gasteiger partial charge is 0.573 e. The van der Waals surface area contributed by atoms with E-state index < -0.39 is 12.3 Å². The zero-order valence-corrected chi connectivity index (χ0v) is 18.4. The molecule has 176 valence electrons. The Morgan fingerprint density at radius 1 is 1.15 bits per heavy atom. The van der Waals surface area contributed by atoms with Gasteiger partial charge in [0.25, 0.3) is 5.56 Å². The molecule has 1 amide bonds. The first-order valence-corrected chi connectivity index (χ1v) is 11.0. The summed E-state index contributed by atoms with van der Waals surface area (Å²) in [5, 5.41) is 11.7. The molecule has 4 rings (SSSR count). The van der Waals surface area contributed by atoms with Crippen LogP contribution in [0, 0.1) is 0 Å². The fourth-order valence-electron chi connectivity index (χ4n) is 3.37. The number of para-hydroxylation sites is 2. The fourth-order valence-corrected chi connectivity index (χ4v) is 4.14. The van der Waals surface area contributed by atoms with Crippen LogP contribution < -0.4 is 15.6 Å². The number of hydrogen-bond donors (Lipinski definition) is 1. The molecule has 0 radical (unpaired) electrons. The topological polar surface area (TPSA) is 90.5 Å². The van der Waals surface area contributed by atoms with Gasteiger partial charge in [0, 0.05) is 18.7 Å². The van der Waals surface area contributed by atoms with Crippen molar-refractivity contribution in [3.05, 3.63) is 77.1 Å². The van der Waals surface area contributed by atoms with Gasteiger partial charge < -0.3 is 10.1 Å². The van der Waals surface area contributed by atoms with Crippen molar-refractivity contribution in [1.82, 2.24) is 24.5 Å². The zero-order valence-electron chi connectivity index (χ0n) is 17.6. The molecule has 2 aromatic heterocycles. The lowest BCUT2D eigenvalue weighted by Crippen LogP contribution is -2.26. The van der Waals surface area contributed by atoms with Gasteiger partial charge in [0.05, 0.1) is 16.7 Å². The number of nitrogens with one attached hydrogen (secondary N) is 1. The van der Waals surface area contributed by atoms with Crippen LogP contribution in [-0.4, -0.2) is 37.2 Å². The molecule has 1 N–H and O–H groups in total. The number of allylic oxidation sites excluding steroid dienone is 1. The summed E-state index contributed by atoms with van der Waals surface area (Å²) in [5.41, 5.74) is 0.545. The Labute approximate surface area is 195 Å². The molecule has 12 heteroatoms. The number of alkyl halides is 3. The Kier molecular flexibility index (Phi) is 6.59. The summed E-state index contributed by atoms with van der Waals surface area (Å²) in [6.07, 6.45) is -3.26. The first-order chi connectivity index (χ1) is 16.3. The Morgan fingerprint density at radius 3 is 2.65 bits per heavy atom. The van der Waals surface area contributed by atoms with Gasteiger partial charge in [-0.2, -0.15) is 0 Å². The van der Waals surface area contributed by atoms with E-state index in [1.807, 2.05) is 0 Å². The highest BCUT2D eigenvalue weighted by Crippen LogP contribution is 2.26. The number of ether oxygens (including phenoxy) is 1.